The molecule has 3 aromatic carbocycles. The van der Waals surface area contributed by atoms with Crippen LogP contribution in [0.1, 0.15) is 33.1 Å². The van der Waals surface area contributed by atoms with Gasteiger partial charge in [0.15, 0.2) is 0 Å². The molecular formula is C27H23NO7. The van der Waals surface area contributed by atoms with Gasteiger partial charge in [0.1, 0.15) is 17.3 Å². The molecular weight excluding hydrogens is 450 g/mol. The molecule has 0 aliphatic carbocycles. The second-order valence-corrected chi connectivity index (χ2v) is 7.91. The van der Waals surface area contributed by atoms with Gasteiger partial charge in [-0.05, 0) is 35.4 Å². The summed E-state index contributed by atoms with van der Waals surface area (Å²) in [5, 5.41) is 20.4. The van der Waals surface area contributed by atoms with Crippen LogP contribution in [0.2, 0.25) is 0 Å². The normalized spacial score (nSPS) is 16.9. The smallest absolute Gasteiger partial charge is 0.335 e. The van der Waals surface area contributed by atoms with E-state index in [1.807, 2.05) is 6.07 Å². The second-order valence-electron chi connectivity index (χ2n) is 7.91. The van der Waals surface area contributed by atoms with Crippen molar-refractivity contribution in [3.8, 4) is 11.5 Å². The summed E-state index contributed by atoms with van der Waals surface area (Å²) in [5.41, 5.74) is 1.58. The number of hydrogen-bond acceptors (Lipinski definition) is 6. The third-order valence-electron chi connectivity index (χ3n) is 5.87. The van der Waals surface area contributed by atoms with Crippen LogP contribution in [0.5, 0.6) is 11.5 Å². The summed E-state index contributed by atoms with van der Waals surface area (Å²) in [7, 11) is 2.93. The summed E-state index contributed by atoms with van der Waals surface area (Å²) >= 11 is 0. The van der Waals surface area contributed by atoms with E-state index in [0.717, 1.165) is 0 Å². The number of carbonyl (C=O) groups is 3. The van der Waals surface area contributed by atoms with E-state index in [4.69, 9.17) is 14.6 Å². The highest BCUT2D eigenvalue weighted by atomic mass is 16.5. The van der Waals surface area contributed by atoms with E-state index in [-0.39, 0.29) is 34.8 Å². The van der Waals surface area contributed by atoms with Crippen molar-refractivity contribution in [2.45, 2.75) is 12.6 Å². The van der Waals surface area contributed by atoms with Crippen molar-refractivity contribution in [3.05, 3.63) is 101 Å². The van der Waals surface area contributed by atoms with Crippen LogP contribution in [0.4, 0.5) is 0 Å². The number of benzene rings is 3. The number of rotatable bonds is 7. The summed E-state index contributed by atoms with van der Waals surface area (Å²) in [6.07, 6.45) is 0. The maximum Gasteiger partial charge on any atom is 0.335 e. The van der Waals surface area contributed by atoms with Gasteiger partial charge in [-0.2, -0.15) is 0 Å². The molecule has 3 aromatic rings. The minimum atomic E-state index is -1.06. The average molecular weight is 473 g/mol. The number of carboxylic acid groups (broad SMARTS) is 1. The summed E-state index contributed by atoms with van der Waals surface area (Å²) in [4.78, 5) is 38.9. The maximum absolute atomic E-state index is 13.2. The lowest BCUT2D eigenvalue weighted by Crippen LogP contribution is -2.29. The largest absolute Gasteiger partial charge is 0.507 e. The number of aliphatic hydroxyl groups is 1. The Labute approximate surface area is 201 Å². The number of hydrogen-bond donors (Lipinski definition) is 2. The first-order valence-electron chi connectivity index (χ1n) is 10.7. The monoisotopic (exact) mass is 473 g/mol. The van der Waals surface area contributed by atoms with Gasteiger partial charge < -0.3 is 24.6 Å². The predicted molar refractivity (Wildman–Crippen MR) is 127 cm³/mol. The van der Waals surface area contributed by atoms with Gasteiger partial charge in [0.25, 0.3) is 11.7 Å². The Morgan fingerprint density at radius 3 is 2.20 bits per heavy atom. The fourth-order valence-electron chi connectivity index (χ4n) is 4.11. The van der Waals surface area contributed by atoms with Crippen LogP contribution in [0.25, 0.3) is 5.76 Å². The van der Waals surface area contributed by atoms with Crippen molar-refractivity contribution in [2.75, 3.05) is 14.2 Å². The van der Waals surface area contributed by atoms with Gasteiger partial charge in [0.2, 0.25) is 0 Å². The van der Waals surface area contributed by atoms with Crippen LogP contribution in [0.3, 0.4) is 0 Å². The van der Waals surface area contributed by atoms with E-state index in [2.05, 4.69) is 0 Å². The number of amides is 1. The molecule has 1 saturated heterocycles. The number of carboxylic acids is 1. The van der Waals surface area contributed by atoms with Crippen LogP contribution >= 0.6 is 0 Å². The number of ketones is 1. The molecule has 8 nitrogen and oxygen atoms in total. The molecule has 0 aromatic heterocycles. The van der Waals surface area contributed by atoms with E-state index in [9.17, 15) is 19.5 Å². The lowest BCUT2D eigenvalue weighted by molar-refractivity contribution is -0.140. The van der Waals surface area contributed by atoms with Crippen molar-refractivity contribution in [3.63, 3.8) is 0 Å². The number of aromatic carboxylic acids is 1. The van der Waals surface area contributed by atoms with E-state index in [1.165, 1.54) is 31.3 Å². The maximum atomic E-state index is 13.2. The average Bonchev–Trinajstić information content (AvgIpc) is 3.13. The number of likely N-dealkylation sites (tertiary alicyclic amines) is 1. The third-order valence-corrected chi connectivity index (χ3v) is 5.87. The standard InChI is InChI=1S/C27H23NO7/c1-34-19-12-13-20(21(14-19)35-2)24(29)22-23(17-6-4-3-5-7-17)28(26(31)25(22)30)15-16-8-10-18(11-9-16)27(32)33/h3-14,23,29H,15H2,1-2H3,(H,32,33)/b24-22-. The molecule has 4 rings (SSSR count). The van der Waals surface area contributed by atoms with Gasteiger partial charge in [-0.25, -0.2) is 4.79 Å². The van der Waals surface area contributed by atoms with Crippen molar-refractivity contribution in [1.29, 1.82) is 0 Å². The Kier molecular flexibility index (Phi) is 6.55. The molecule has 1 unspecified atom stereocenters. The molecule has 1 fully saturated rings. The molecule has 0 radical (unpaired) electrons. The van der Waals surface area contributed by atoms with Crippen LogP contribution < -0.4 is 9.47 Å². The van der Waals surface area contributed by atoms with Gasteiger partial charge in [-0.1, -0.05) is 42.5 Å². The first kappa shape index (κ1) is 23.6. The van der Waals surface area contributed by atoms with E-state index >= 15 is 0 Å². The second kappa shape index (κ2) is 9.72. The summed E-state index contributed by atoms with van der Waals surface area (Å²) in [6, 6.07) is 18.9. The lowest BCUT2D eigenvalue weighted by Gasteiger charge is -2.25. The first-order chi connectivity index (χ1) is 16.8. The molecule has 1 aliphatic heterocycles. The molecule has 1 heterocycles. The SMILES string of the molecule is COc1ccc(/C(O)=C2/C(=O)C(=O)N(Cc3ccc(C(=O)O)cc3)C2c2ccccc2)c(OC)c1. The molecule has 2 N–H and O–H groups in total. The fraction of sp³-hybridized carbons (Fsp3) is 0.148. The number of carbonyl (C=O) groups excluding carboxylic acids is 2. The van der Waals surface area contributed by atoms with Gasteiger partial charge in [-0.3, -0.25) is 9.59 Å². The highest BCUT2D eigenvalue weighted by Crippen LogP contribution is 2.42. The Morgan fingerprint density at radius 1 is 0.914 bits per heavy atom. The number of Topliss-reactive ketones (excluding diaryl/α,β-unsaturated/α-hetero) is 1. The number of methoxy groups -OCH3 is 2. The summed E-state index contributed by atoms with van der Waals surface area (Å²) in [5.74, 6) is -2.23. The first-order valence-corrected chi connectivity index (χ1v) is 10.7. The van der Waals surface area contributed by atoms with E-state index < -0.39 is 23.7 Å². The molecule has 1 aliphatic rings. The molecule has 178 valence electrons. The molecule has 8 heteroatoms. The Hall–Kier alpha value is -4.59. The van der Waals surface area contributed by atoms with Crippen LogP contribution in [-0.4, -0.2) is 47.0 Å². The zero-order valence-electron chi connectivity index (χ0n) is 19.1. The summed E-state index contributed by atoms with van der Waals surface area (Å²) in [6.45, 7) is 0.0422. The predicted octanol–water partition coefficient (Wildman–Crippen LogP) is 4.02. The Balaban J connectivity index is 1.83. The van der Waals surface area contributed by atoms with Crippen molar-refractivity contribution in [1.82, 2.24) is 4.90 Å². The van der Waals surface area contributed by atoms with Crippen LogP contribution in [0.15, 0.2) is 78.4 Å². The summed E-state index contributed by atoms with van der Waals surface area (Å²) < 4.78 is 10.6. The van der Waals surface area contributed by atoms with Crippen molar-refractivity contribution < 1.29 is 34.1 Å². The molecule has 1 amide bonds. The van der Waals surface area contributed by atoms with Gasteiger partial charge in [0, 0.05) is 12.6 Å². The van der Waals surface area contributed by atoms with Crippen LogP contribution in [0, 0.1) is 0 Å². The number of nitrogens with zero attached hydrogens (tertiary/aromatic N) is 1. The lowest BCUT2D eigenvalue weighted by atomic mass is 9.95. The third kappa shape index (κ3) is 4.46. The van der Waals surface area contributed by atoms with Gasteiger partial charge in [0.05, 0.1) is 37.0 Å². The van der Waals surface area contributed by atoms with Crippen molar-refractivity contribution >= 4 is 23.4 Å². The Bertz CT molecular complexity index is 1310. The molecule has 1 atom stereocenters. The minimum Gasteiger partial charge on any atom is -0.507 e. The highest BCUT2D eigenvalue weighted by molar-refractivity contribution is 6.46. The van der Waals surface area contributed by atoms with Gasteiger partial charge >= 0.3 is 5.97 Å². The molecule has 0 bridgehead atoms. The topological polar surface area (TPSA) is 113 Å². The quantitative estimate of drug-likeness (QED) is 0.303. The van der Waals surface area contributed by atoms with E-state index in [1.54, 1.807) is 54.6 Å². The fourth-order valence-corrected chi connectivity index (χ4v) is 4.11. The van der Waals surface area contributed by atoms with Gasteiger partial charge in [-0.15, -0.1) is 0 Å². The molecule has 35 heavy (non-hydrogen) atoms. The van der Waals surface area contributed by atoms with Crippen molar-refractivity contribution in [2.24, 2.45) is 0 Å². The zero-order valence-corrected chi connectivity index (χ0v) is 19.1. The molecule has 0 spiro atoms. The molecule has 0 saturated carbocycles. The highest BCUT2D eigenvalue weighted by Gasteiger charge is 2.46. The Morgan fingerprint density at radius 2 is 1.60 bits per heavy atom. The van der Waals surface area contributed by atoms with Crippen LogP contribution in [-0.2, 0) is 16.1 Å². The zero-order chi connectivity index (χ0) is 25.1. The minimum absolute atomic E-state index is 0.0422. The number of aliphatic hydroxyl groups excluding tert-OH is 1. The number of ether oxygens (including phenoxy) is 2. The van der Waals surface area contributed by atoms with E-state index in [0.29, 0.717) is 16.9 Å².